The van der Waals surface area contributed by atoms with Gasteiger partial charge in [0.15, 0.2) is 0 Å². The molecule has 0 aromatic heterocycles. The van der Waals surface area contributed by atoms with Gasteiger partial charge in [-0.15, -0.1) is 6.58 Å². The fourth-order valence-electron chi connectivity index (χ4n) is 4.01. The number of hydrogen-bond donors (Lipinski definition) is 1. The lowest BCUT2D eigenvalue weighted by Crippen LogP contribution is -2.37. The maximum Gasteiger partial charge on any atom is 0.407 e. The van der Waals surface area contributed by atoms with Crippen molar-refractivity contribution in [3.05, 3.63) is 72.3 Å². The molecule has 0 saturated heterocycles. The number of carbonyl (C=O) groups is 1. The number of ether oxygens (including phenoxy) is 1. The Balaban J connectivity index is 1.43. The number of benzene rings is 2. The molecule has 1 saturated carbocycles. The summed E-state index contributed by atoms with van der Waals surface area (Å²) in [6.07, 6.45) is 5.88. The first-order chi connectivity index (χ1) is 12.8. The lowest BCUT2D eigenvalue weighted by Gasteiger charge is -2.19. The van der Waals surface area contributed by atoms with E-state index >= 15 is 0 Å². The summed E-state index contributed by atoms with van der Waals surface area (Å²) in [4.78, 5) is 12.4. The first-order valence-corrected chi connectivity index (χ1v) is 9.50. The van der Waals surface area contributed by atoms with Gasteiger partial charge in [0.1, 0.15) is 6.61 Å². The molecule has 0 aliphatic heterocycles. The molecule has 1 amide bonds. The van der Waals surface area contributed by atoms with Crippen molar-refractivity contribution in [2.75, 3.05) is 6.61 Å². The number of alkyl carbamates (subject to hydrolysis) is 1. The van der Waals surface area contributed by atoms with E-state index in [-0.39, 0.29) is 18.1 Å². The Kier molecular flexibility index (Phi) is 4.79. The van der Waals surface area contributed by atoms with Gasteiger partial charge in [-0.3, -0.25) is 0 Å². The van der Waals surface area contributed by atoms with Gasteiger partial charge in [-0.1, -0.05) is 54.6 Å². The Morgan fingerprint density at radius 1 is 1.12 bits per heavy atom. The van der Waals surface area contributed by atoms with Crippen molar-refractivity contribution in [2.24, 2.45) is 5.92 Å². The molecule has 4 rings (SSSR count). The van der Waals surface area contributed by atoms with E-state index in [1.54, 1.807) is 0 Å². The average Bonchev–Trinajstić information content (AvgIpc) is 3.47. The van der Waals surface area contributed by atoms with E-state index < -0.39 is 0 Å². The third kappa shape index (κ3) is 3.39. The molecule has 1 atom stereocenters. The molecule has 0 radical (unpaired) electrons. The molecule has 3 heteroatoms. The van der Waals surface area contributed by atoms with Gasteiger partial charge < -0.3 is 10.1 Å². The Bertz CT molecular complexity index is 764. The monoisotopic (exact) mass is 347 g/mol. The van der Waals surface area contributed by atoms with Gasteiger partial charge in [0.05, 0.1) is 0 Å². The van der Waals surface area contributed by atoms with E-state index in [0.717, 1.165) is 12.8 Å². The van der Waals surface area contributed by atoms with Crippen LogP contribution in [0.25, 0.3) is 11.1 Å². The largest absolute Gasteiger partial charge is 0.449 e. The van der Waals surface area contributed by atoms with Gasteiger partial charge >= 0.3 is 6.09 Å². The first-order valence-electron chi connectivity index (χ1n) is 9.50. The Morgan fingerprint density at radius 3 is 2.31 bits per heavy atom. The first kappa shape index (κ1) is 16.9. The third-order valence-corrected chi connectivity index (χ3v) is 5.52. The van der Waals surface area contributed by atoms with Crippen LogP contribution < -0.4 is 5.32 Å². The highest BCUT2D eigenvalue weighted by molar-refractivity contribution is 5.79. The van der Waals surface area contributed by atoms with Crippen molar-refractivity contribution in [1.29, 1.82) is 0 Å². The molecule has 134 valence electrons. The molecule has 1 unspecified atom stereocenters. The summed E-state index contributed by atoms with van der Waals surface area (Å²) in [6, 6.07) is 17.0. The van der Waals surface area contributed by atoms with Gasteiger partial charge in [0.25, 0.3) is 0 Å². The maximum absolute atomic E-state index is 12.4. The summed E-state index contributed by atoms with van der Waals surface area (Å²) < 4.78 is 5.65. The van der Waals surface area contributed by atoms with Crippen molar-refractivity contribution in [3.8, 4) is 11.1 Å². The fraction of sp³-hybridized carbons (Fsp3) is 0.348. The molecule has 2 aromatic rings. The van der Waals surface area contributed by atoms with E-state index in [2.05, 4.69) is 60.4 Å². The summed E-state index contributed by atoms with van der Waals surface area (Å²) in [5.41, 5.74) is 4.98. The predicted molar refractivity (Wildman–Crippen MR) is 104 cm³/mol. The second-order valence-electron chi connectivity index (χ2n) is 7.28. The number of fused-ring (bicyclic) bond motifs is 3. The molecule has 3 nitrogen and oxygen atoms in total. The van der Waals surface area contributed by atoms with E-state index in [4.69, 9.17) is 4.74 Å². The second-order valence-corrected chi connectivity index (χ2v) is 7.28. The van der Waals surface area contributed by atoms with Crippen molar-refractivity contribution in [3.63, 3.8) is 0 Å². The maximum atomic E-state index is 12.4. The summed E-state index contributed by atoms with van der Waals surface area (Å²) in [5, 5.41) is 3.08. The molecule has 1 fully saturated rings. The number of allylic oxidation sites excluding steroid dienone is 1. The van der Waals surface area contributed by atoms with Crippen molar-refractivity contribution in [2.45, 2.75) is 37.6 Å². The molecule has 26 heavy (non-hydrogen) atoms. The SMILES string of the molecule is C=CCCC(NC(=O)OCC1c2ccccc2-c2ccccc21)C1CC1. The third-order valence-electron chi connectivity index (χ3n) is 5.52. The van der Waals surface area contributed by atoms with Crippen LogP contribution in [0, 0.1) is 5.92 Å². The molecule has 2 aliphatic rings. The van der Waals surface area contributed by atoms with Crippen LogP contribution in [0.5, 0.6) is 0 Å². The van der Waals surface area contributed by atoms with Gasteiger partial charge in [-0.2, -0.15) is 0 Å². The summed E-state index contributed by atoms with van der Waals surface area (Å²) in [5.74, 6) is 0.719. The molecular formula is C23H25NO2. The van der Waals surface area contributed by atoms with E-state index in [1.165, 1.54) is 35.1 Å². The molecule has 0 heterocycles. The highest BCUT2D eigenvalue weighted by Crippen LogP contribution is 2.44. The zero-order valence-corrected chi connectivity index (χ0v) is 15.0. The number of amides is 1. The molecule has 0 bridgehead atoms. The molecule has 2 aromatic carbocycles. The summed E-state index contributed by atoms with van der Waals surface area (Å²) >= 11 is 0. The fourth-order valence-corrected chi connectivity index (χ4v) is 4.01. The number of rotatable bonds is 7. The van der Waals surface area contributed by atoms with Gasteiger partial charge in [0.2, 0.25) is 0 Å². The van der Waals surface area contributed by atoms with Crippen LogP contribution in [-0.2, 0) is 4.74 Å². The van der Waals surface area contributed by atoms with Crippen LogP contribution in [0.3, 0.4) is 0 Å². The Morgan fingerprint density at radius 2 is 1.73 bits per heavy atom. The minimum atomic E-state index is -0.298. The van der Waals surface area contributed by atoms with Crippen LogP contribution in [0.15, 0.2) is 61.2 Å². The zero-order valence-electron chi connectivity index (χ0n) is 15.0. The number of nitrogens with one attached hydrogen (secondary N) is 1. The van der Waals surface area contributed by atoms with Crippen LogP contribution >= 0.6 is 0 Å². The summed E-state index contributed by atoms with van der Waals surface area (Å²) in [7, 11) is 0. The topological polar surface area (TPSA) is 38.3 Å². The van der Waals surface area contributed by atoms with Crippen molar-refractivity contribution in [1.82, 2.24) is 5.32 Å². The van der Waals surface area contributed by atoms with Crippen molar-refractivity contribution >= 4 is 6.09 Å². The van der Waals surface area contributed by atoms with E-state index in [9.17, 15) is 4.79 Å². The van der Waals surface area contributed by atoms with E-state index in [0.29, 0.717) is 12.5 Å². The van der Waals surface area contributed by atoms with Crippen LogP contribution in [0.1, 0.15) is 42.7 Å². The van der Waals surface area contributed by atoms with Gasteiger partial charge in [-0.25, -0.2) is 4.79 Å². The summed E-state index contributed by atoms with van der Waals surface area (Å²) in [6.45, 7) is 4.15. The highest BCUT2D eigenvalue weighted by atomic mass is 16.5. The van der Waals surface area contributed by atoms with Gasteiger partial charge in [0, 0.05) is 12.0 Å². The lowest BCUT2D eigenvalue weighted by molar-refractivity contribution is 0.137. The average molecular weight is 347 g/mol. The smallest absolute Gasteiger partial charge is 0.407 e. The number of hydrogen-bond acceptors (Lipinski definition) is 2. The standard InChI is InChI=1S/C23H25NO2/c1-2-3-12-22(16-13-14-16)24-23(25)26-15-21-19-10-6-4-8-17(19)18-9-5-7-11-20(18)21/h2,4-11,16,21-22H,1,3,12-15H2,(H,24,25). The molecule has 1 N–H and O–H groups in total. The quantitative estimate of drug-likeness (QED) is 0.693. The second kappa shape index (κ2) is 7.36. The minimum absolute atomic E-state index is 0.112. The lowest BCUT2D eigenvalue weighted by atomic mass is 9.98. The van der Waals surface area contributed by atoms with Crippen LogP contribution in [-0.4, -0.2) is 18.7 Å². The minimum Gasteiger partial charge on any atom is -0.449 e. The van der Waals surface area contributed by atoms with Crippen LogP contribution in [0.4, 0.5) is 4.79 Å². The molecule has 2 aliphatic carbocycles. The normalized spacial score (nSPS) is 16.5. The Hall–Kier alpha value is -2.55. The molecule has 0 spiro atoms. The zero-order chi connectivity index (χ0) is 17.9. The number of carbonyl (C=O) groups excluding carboxylic acids is 1. The molecular weight excluding hydrogens is 322 g/mol. The van der Waals surface area contributed by atoms with Crippen molar-refractivity contribution < 1.29 is 9.53 Å². The highest BCUT2D eigenvalue weighted by Gasteiger charge is 2.33. The van der Waals surface area contributed by atoms with Crippen LogP contribution in [0.2, 0.25) is 0 Å². The Labute approximate surface area is 155 Å². The van der Waals surface area contributed by atoms with E-state index in [1.807, 2.05) is 6.08 Å². The predicted octanol–water partition coefficient (Wildman–Crippen LogP) is 5.27. The van der Waals surface area contributed by atoms with Gasteiger partial charge in [-0.05, 0) is 53.9 Å².